The van der Waals surface area contributed by atoms with Gasteiger partial charge in [0.1, 0.15) is 6.04 Å². The lowest BCUT2D eigenvalue weighted by molar-refractivity contribution is -0.142. The molecule has 1 aromatic carbocycles. The predicted octanol–water partition coefficient (Wildman–Crippen LogP) is 3.35. The third kappa shape index (κ3) is 4.14. The van der Waals surface area contributed by atoms with Crippen molar-refractivity contribution in [1.82, 2.24) is 4.90 Å². The zero-order valence-electron chi connectivity index (χ0n) is 10.6. The van der Waals surface area contributed by atoms with E-state index in [4.69, 9.17) is 5.11 Å². The standard InChI is InChI=1S/C13H14F3NO2S/c14-13(15,16)20-10-5-3-9(4-6-10)8-17-7-1-2-11(17)12(18)19/h3-6,11H,1-2,7-8H2,(H,18,19)/t11-/m1/s1. The first kappa shape index (κ1) is 15.2. The van der Waals surface area contributed by atoms with Crippen molar-refractivity contribution in [2.24, 2.45) is 0 Å². The Balaban J connectivity index is 1.98. The molecular formula is C13H14F3NO2S. The average molecular weight is 305 g/mol. The summed E-state index contributed by atoms with van der Waals surface area (Å²) in [5.74, 6) is -0.841. The molecule has 110 valence electrons. The van der Waals surface area contributed by atoms with Gasteiger partial charge in [-0.15, -0.1) is 0 Å². The Morgan fingerprint density at radius 2 is 2.00 bits per heavy atom. The Morgan fingerprint density at radius 1 is 1.35 bits per heavy atom. The molecule has 1 heterocycles. The van der Waals surface area contributed by atoms with E-state index in [0.717, 1.165) is 12.0 Å². The lowest BCUT2D eigenvalue weighted by atomic mass is 10.2. The van der Waals surface area contributed by atoms with Gasteiger partial charge in [-0.25, -0.2) is 0 Å². The second-order valence-corrected chi connectivity index (χ2v) is 5.80. The zero-order valence-corrected chi connectivity index (χ0v) is 11.4. The molecule has 1 aliphatic heterocycles. The van der Waals surface area contributed by atoms with Gasteiger partial charge in [-0.1, -0.05) is 12.1 Å². The fraction of sp³-hybridized carbons (Fsp3) is 0.462. The summed E-state index contributed by atoms with van der Waals surface area (Å²) in [5.41, 5.74) is -3.46. The summed E-state index contributed by atoms with van der Waals surface area (Å²) in [5, 5.41) is 9.06. The summed E-state index contributed by atoms with van der Waals surface area (Å²) in [6.07, 6.45) is 1.45. The average Bonchev–Trinajstić information content (AvgIpc) is 2.78. The molecule has 7 heteroatoms. The minimum Gasteiger partial charge on any atom is -0.480 e. The number of rotatable bonds is 4. The molecule has 0 saturated carbocycles. The molecule has 20 heavy (non-hydrogen) atoms. The number of aliphatic carboxylic acids is 1. The van der Waals surface area contributed by atoms with E-state index in [-0.39, 0.29) is 16.7 Å². The number of hydrogen-bond acceptors (Lipinski definition) is 3. The molecule has 1 aliphatic rings. The largest absolute Gasteiger partial charge is 0.480 e. The molecule has 0 aromatic heterocycles. The summed E-state index contributed by atoms with van der Waals surface area (Å²) in [6, 6.07) is 5.58. The SMILES string of the molecule is O=C(O)[C@H]1CCCN1Cc1ccc(SC(F)(F)F)cc1. The van der Waals surface area contributed by atoms with Crippen LogP contribution in [0.2, 0.25) is 0 Å². The van der Waals surface area contributed by atoms with Crippen LogP contribution in [0.4, 0.5) is 13.2 Å². The van der Waals surface area contributed by atoms with Crippen LogP contribution in [0.1, 0.15) is 18.4 Å². The summed E-state index contributed by atoms with van der Waals surface area (Å²) in [4.78, 5) is 13.0. The summed E-state index contributed by atoms with van der Waals surface area (Å²) < 4.78 is 36.6. The van der Waals surface area contributed by atoms with Crippen LogP contribution in [-0.4, -0.2) is 34.1 Å². The lowest BCUT2D eigenvalue weighted by Gasteiger charge is -2.21. The second kappa shape index (κ2) is 6.05. The molecule has 1 atom stereocenters. The van der Waals surface area contributed by atoms with Crippen molar-refractivity contribution in [3.05, 3.63) is 29.8 Å². The highest BCUT2D eigenvalue weighted by Gasteiger charge is 2.31. The molecule has 1 fully saturated rings. The molecule has 0 bridgehead atoms. The van der Waals surface area contributed by atoms with Crippen LogP contribution >= 0.6 is 11.8 Å². The molecule has 0 aliphatic carbocycles. The molecule has 2 rings (SSSR count). The maximum atomic E-state index is 12.2. The van der Waals surface area contributed by atoms with E-state index in [1.54, 1.807) is 12.1 Å². The highest BCUT2D eigenvalue weighted by atomic mass is 32.2. The molecule has 0 radical (unpaired) electrons. The van der Waals surface area contributed by atoms with Gasteiger partial charge in [-0.05, 0) is 48.8 Å². The number of carbonyl (C=O) groups is 1. The number of thioether (sulfide) groups is 1. The van der Waals surface area contributed by atoms with Crippen molar-refractivity contribution in [1.29, 1.82) is 0 Å². The highest BCUT2D eigenvalue weighted by Crippen LogP contribution is 2.36. The quantitative estimate of drug-likeness (QED) is 0.866. The van der Waals surface area contributed by atoms with Gasteiger partial charge >= 0.3 is 11.5 Å². The monoisotopic (exact) mass is 305 g/mol. The number of alkyl halides is 3. The van der Waals surface area contributed by atoms with E-state index in [1.807, 2.05) is 4.90 Å². The minimum atomic E-state index is -4.29. The Morgan fingerprint density at radius 3 is 2.55 bits per heavy atom. The van der Waals surface area contributed by atoms with Crippen LogP contribution in [0.25, 0.3) is 0 Å². The Bertz CT molecular complexity index is 475. The predicted molar refractivity (Wildman–Crippen MR) is 69.4 cm³/mol. The fourth-order valence-electron chi connectivity index (χ4n) is 2.33. The van der Waals surface area contributed by atoms with Crippen molar-refractivity contribution in [2.75, 3.05) is 6.54 Å². The first-order valence-electron chi connectivity index (χ1n) is 6.17. The lowest BCUT2D eigenvalue weighted by Crippen LogP contribution is -2.35. The summed E-state index contributed by atoms with van der Waals surface area (Å²) in [7, 11) is 0. The van der Waals surface area contributed by atoms with Crippen LogP contribution in [0.5, 0.6) is 0 Å². The van der Waals surface area contributed by atoms with Crippen molar-refractivity contribution in [2.45, 2.75) is 35.8 Å². The maximum Gasteiger partial charge on any atom is 0.446 e. The molecule has 0 amide bonds. The molecule has 0 spiro atoms. The minimum absolute atomic E-state index is 0.137. The van der Waals surface area contributed by atoms with Crippen LogP contribution in [0.3, 0.4) is 0 Å². The fourth-order valence-corrected chi connectivity index (χ4v) is 2.87. The molecule has 1 saturated heterocycles. The van der Waals surface area contributed by atoms with E-state index in [1.165, 1.54) is 12.1 Å². The second-order valence-electron chi connectivity index (χ2n) is 4.66. The maximum absolute atomic E-state index is 12.2. The first-order chi connectivity index (χ1) is 9.35. The molecule has 1 aromatic rings. The van der Waals surface area contributed by atoms with E-state index < -0.39 is 17.5 Å². The van der Waals surface area contributed by atoms with Crippen LogP contribution in [0.15, 0.2) is 29.2 Å². The van der Waals surface area contributed by atoms with Gasteiger partial charge in [0.25, 0.3) is 0 Å². The number of likely N-dealkylation sites (tertiary alicyclic amines) is 1. The van der Waals surface area contributed by atoms with Crippen LogP contribution < -0.4 is 0 Å². The van der Waals surface area contributed by atoms with Gasteiger partial charge in [0.15, 0.2) is 0 Å². The van der Waals surface area contributed by atoms with Gasteiger partial charge in [0, 0.05) is 11.4 Å². The van der Waals surface area contributed by atoms with Gasteiger partial charge < -0.3 is 5.11 Å². The van der Waals surface area contributed by atoms with Crippen molar-refractivity contribution in [3.8, 4) is 0 Å². The van der Waals surface area contributed by atoms with Crippen LogP contribution in [0, 0.1) is 0 Å². The van der Waals surface area contributed by atoms with Gasteiger partial charge in [-0.2, -0.15) is 13.2 Å². The normalized spacial score (nSPS) is 20.2. The molecule has 1 N–H and O–H groups in total. The topological polar surface area (TPSA) is 40.5 Å². The number of benzene rings is 1. The van der Waals surface area contributed by atoms with Crippen molar-refractivity contribution in [3.63, 3.8) is 0 Å². The van der Waals surface area contributed by atoms with Gasteiger partial charge in [0.2, 0.25) is 0 Å². The number of halogens is 3. The van der Waals surface area contributed by atoms with E-state index in [2.05, 4.69) is 0 Å². The Kier molecular flexibility index (Phi) is 4.59. The summed E-state index contributed by atoms with van der Waals surface area (Å²) >= 11 is -0.150. The van der Waals surface area contributed by atoms with E-state index in [0.29, 0.717) is 19.5 Å². The Labute approximate surface area is 118 Å². The van der Waals surface area contributed by atoms with Crippen molar-refractivity contribution < 1.29 is 23.1 Å². The third-order valence-corrected chi connectivity index (χ3v) is 3.93. The zero-order chi connectivity index (χ0) is 14.8. The number of carboxylic acid groups (broad SMARTS) is 1. The first-order valence-corrected chi connectivity index (χ1v) is 6.98. The summed E-state index contributed by atoms with van der Waals surface area (Å²) in [6.45, 7) is 1.16. The van der Waals surface area contributed by atoms with E-state index >= 15 is 0 Å². The Hall–Kier alpha value is -1.21. The van der Waals surface area contributed by atoms with Crippen molar-refractivity contribution >= 4 is 17.7 Å². The van der Waals surface area contributed by atoms with Gasteiger partial charge in [-0.3, -0.25) is 9.69 Å². The van der Waals surface area contributed by atoms with Gasteiger partial charge in [0.05, 0.1) is 0 Å². The van der Waals surface area contributed by atoms with E-state index in [9.17, 15) is 18.0 Å². The number of hydrogen-bond donors (Lipinski definition) is 1. The smallest absolute Gasteiger partial charge is 0.446 e. The third-order valence-electron chi connectivity index (χ3n) is 3.19. The number of nitrogens with zero attached hydrogens (tertiary/aromatic N) is 1. The van der Waals surface area contributed by atoms with Crippen LogP contribution in [-0.2, 0) is 11.3 Å². The molecule has 3 nitrogen and oxygen atoms in total. The number of carboxylic acids is 1. The highest BCUT2D eigenvalue weighted by molar-refractivity contribution is 8.00. The molecule has 0 unspecified atom stereocenters. The molecular weight excluding hydrogens is 291 g/mol.